The summed E-state index contributed by atoms with van der Waals surface area (Å²) in [5, 5.41) is 9.06. The normalized spacial score (nSPS) is 16.3. The third-order valence-corrected chi connectivity index (χ3v) is 3.50. The fourth-order valence-corrected chi connectivity index (χ4v) is 1.83. The lowest BCUT2D eigenvalue weighted by molar-refractivity contribution is -0.155. The van der Waals surface area contributed by atoms with Gasteiger partial charge in [-0.2, -0.15) is 0 Å². The largest absolute Gasteiger partial charge is 0.480 e. The molecular weight excluding hydrogens is 218 g/mol. The Balaban J connectivity index is 2.64. The standard InChI is InChI=1S/C13H21NO3/c1-13(2,12(16)17)14(3)11(15)9-10-7-5-4-6-8-10/h7H,4-6,8-9H2,1-3H3,(H,16,17). The molecule has 1 N–H and O–H groups in total. The maximum Gasteiger partial charge on any atom is 0.329 e. The summed E-state index contributed by atoms with van der Waals surface area (Å²) >= 11 is 0. The Kier molecular flexibility index (Phi) is 4.32. The Morgan fingerprint density at radius 1 is 1.41 bits per heavy atom. The van der Waals surface area contributed by atoms with Gasteiger partial charge in [-0.25, -0.2) is 4.79 Å². The van der Waals surface area contributed by atoms with Crippen LogP contribution in [0, 0.1) is 0 Å². The molecule has 17 heavy (non-hydrogen) atoms. The molecule has 0 fully saturated rings. The number of carboxylic acid groups (broad SMARTS) is 1. The Morgan fingerprint density at radius 2 is 2.06 bits per heavy atom. The third-order valence-electron chi connectivity index (χ3n) is 3.50. The minimum Gasteiger partial charge on any atom is -0.480 e. The number of amides is 1. The van der Waals surface area contributed by atoms with Crippen LogP contribution in [0.15, 0.2) is 11.6 Å². The van der Waals surface area contributed by atoms with Crippen LogP contribution in [0.5, 0.6) is 0 Å². The van der Waals surface area contributed by atoms with Crippen LogP contribution < -0.4 is 0 Å². The molecule has 1 aliphatic rings. The summed E-state index contributed by atoms with van der Waals surface area (Å²) in [6, 6.07) is 0. The maximum atomic E-state index is 12.0. The van der Waals surface area contributed by atoms with Gasteiger partial charge < -0.3 is 10.0 Å². The van der Waals surface area contributed by atoms with Gasteiger partial charge in [-0.05, 0) is 39.5 Å². The highest BCUT2D eigenvalue weighted by Gasteiger charge is 2.35. The first kappa shape index (κ1) is 13.7. The van der Waals surface area contributed by atoms with E-state index in [4.69, 9.17) is 5.11 Å². The molecule has 0 atom stereocenters. The SMILES string of the molecule is CN(C(=O)CC1=CCCCC1)C(C)(C)C(=O)O. The van der Waals surface area contributed by atoms with Crippen LogP contribution in [0.25, 0.3) is 0 Å². The number of nitrogens with zero attached hydrogens (tertiary/aromatic N) is 1. The van der Waals surface area contributed by atoms with E-state index in [1.54, 1.807) is 20.9 Å². The molecule has 1 rings (SSSR count). The zero-order valence-electron chi connectivity index (χ0n) is 10.8. The first-order valence-electron chi connectivity index (χ1n) is 6.03. The molecule has 0 spiro atoms. The molecule has 0 saturated heterocycles. The summed E-state index contributed by atoms with van der Waals surface area (Å²) in [4.78, 5) is 24.4. The van der Waals surface area contributed by atoms with Crippen LogP contribution in [-0.2, 0) is 9.59 Å². The molecule has 0 aromatic rings. The van der Waals surface area contributed by atoms with Crippen molar-refractivity contribution in [3.63, 3.8) is 0 Å². The first-order chi connectivity index (χ1) is 7.85. The third kappa shape index (κ3) is 3.32. The molecule has 0 unspecified atom stereocenters. The van der Waals surface area contributed by atoms with Crippen molar-refractivity contribution in [2.75, 3.05) is 7.05 Å². The van der Waals surface area contributed by atoms with Gasteiger partial charge in [-0.15, -0.1) is 0 Å². The molecule has 0 aromatic heterocycles. The molecule has 0 radical (unpaired) electrons. The fraction of sp³-hybridized carbons (Fsp3) is 0.692. The van der Waals surface area contributed by atoms with Gasteiger partial charge in [0, 0.05) is 13.5 Å². The van der Waals surface area contributed by atoms with Gasteiger partial charge in [-0.3, -0.25) is 4.79 Å². The predicted octanol–water partition coefficient (Wildman–Crippen LogP) is 2.20. The molecule has 0 bridgehead atoms. The summed E-state index contributed by atoms with van der Waals surface area (Å²) in [5.74, 6) is -1.10. The number of aliphatic carboxylic acids is 1. The smallest absolute Gasteiger partial charge is 0.329 e. The van der Waals surface area contributed by atoms with Crippen molar-refractivity contribution in [2.24, 2.45) is 0 Å². The van der Waals surface area contributed by atoms with E-state index in [2.05, 4.69) is 6.08 Å². The minimum absolute atomic E-state index is 0.120. The number of carbonyl (C=O) groups is 2. The Bertz CT molecular complexity index is 345. The van der Waals surface area contributed by atoms with Crippen LogP contribution in [0.4, 0.5) is 0 Å². The number of likely N-dealkylation sites (N-methyl/N-ethyl adjacent to an activating group) is 1. The number of allylic oxidation sites excluding steroid dienone is 1. The molecule has 0 aromatic carbocycles. The van der Waals surface area contributed by atoms with Crippen LogP contribution in [0.1, 0.15) is 46.0 Å². The molecular formula is C13H21NO3. The van der Waals surface area contributed by atoms with Gasteiger partial charge in [0.05, 0.1) is 0 Å². The van der Waals surface area contributed by atoms with E-state index < -0.39 is 11.5 Å². The van der Waals surface area contributed by atoms with Crippen molar-refractivity contribution in [2.45, 2.75) is 51.5 Å². The summed E-state index contributed by atoms with van der Waals surface area (Å²) in [7, 11) is 1.56. The highest BCUT2D eigenvalue weighted by atomic mass is 16.4. The monoisotopic (exact) mass is 239 g/mol. The molecule has 1 amide bonds. The molecule has 0 heterocycles. The second-order valence-corrected chi connectivity index (χ2v) is 5.10. The van der Waals surface area contributed by atoms with E-state index >= 15 is 0 Å². The number of carboxylic acids is 1. The van der Waals surface area contributed by atoms with Gasteiger partial charge in [0.1, 0.15) is 5.54 Å². The van der Waals surface area contributed by atoms with Crippen molar-refractivity contribution >= 4 is 11.9 Å². The van der Waals surface area contributed by atoms with Gasteiger partial charge in [0.2, 0.25) is 5.91 Å². The molecule has 4 nitrogen and oxygen atoms in total. The van der Waals surface area contributed by atoms with Crippen LogP contribution in [0.2, 0.25) is 0 Å². The van der Waals surface area contributed by atoms with E-state index in [9.17, 15) is 9.59 Å². The van der Waals surface area contributed by atoms with E-state index in [1.807, 2.05) is 0 Å². The number of hydrogen-bond acceptors (Lipinski definition) is 2. The second-order valence-electron chi connectivity index (χ2n) is 5.10. The second kappa shape index (κ2) is 5.34. The van der Waals surface area contributed by atoms with E-state index in [0.717, 1.165) is 24.8 Å². The lowest BCUT2D eigenvalue weighted by Gasteiger charge is -2.32. The van der Waals surface area contributed by atoms with Crippen LogP contribution >= 0.6 is 0 Å². The Labute approximate surface area is 102 Å². The van der Waals surface area contributed by atoms with Gasteiger partial charge in [-0.1, -0.05) is 11.6 Å². The number of rotatable bonds is 4. The molecule has 0 aliphatic heterocycles. The van der Waals surface area contributed by atoms with Crippen molar-refractivity contribution in [1.29, 1.82) is 0 Å². The highest BCUT2D eigenvalue weighted by molar-refractivity contribution is 5.87. The summed E-state index contributed by atoms with van der Waals surface area (Å²) in [6.45, 7) is 3.09. The van der Waals surface area contributed by atoms with Crippen molar-refractivity contribution in [1.82, 2.24) is 4.90 Å². The van der Waals surface area contributed by atoms with E-state index in [0.29, 0.717) is 6.42 Å². The average Bonchev–Trinajstić information content (AvgIpc) is 2.29. The van der Waals surface area contributed by atoms with Crippen molar-refractivity contribution in [3.05, 3.63) is 11.6 Å². The fourth-order valence-electron chi connectivity index (χ4n) is 1.83. The minimum atomic E-state index is -1.15. The predicted molar refractivity (Wildman–Crippen MR) is 65.7 cm³/mol. The number of carbonyl (C=O) groups excluding carboxylic acids is 1. The lowest BCUT2D eigenvalue weighted by Crippen LogP contribution is -2.50. The summed E-state index contributed by atoms with van der Waals surface area (Å²) < 4.78 is 0. The average molecular weight is 239 g/mol. The topological polar surface area (TPSA) is 57.6 Å². The number of hydrogen-bond donors (Lipinski definition) is 1. The summed E-state index contributed by atoms with van der Waals surface area (Å²) in [6.07, 6.45) is 6.79. The molecule has 4 heteroatoms. The molecule has 0 saturated carbocycles. The van der Waals surface area contributed by atoms with Gasteiger partial charge >= 0.3 is 5.97 Å². The van der Waals surface area contributed by atoms with Gasteiger partial charge in [0.25, 0.3) is 0 Å². The zero-order valence-corrected chi connectivity index (χ0v) is 10.8. The lowest BCUT2D eigenvalue weighted by atomic mass is 9.95. The molecule has 96 valence electrons. The quantitative estimate of drug-likeness (QED) is 0.765. The first-order valence-corrected chi connectivity index (χ1v) is 6.03. The highest BCUT2D eigenvalue weighted by Crippen LogP contribution is 2.22. The summed E-state index contributed by atoms with van der Waals surface area (Å²) in [5.41, 5.74) is 0.000972. The maximum absolute atomic E-state index is 12.0. The zero-order chi connectivity index (χ0) is 13.1. The van der Waals surface area contributed by atoms with Crippen LogP contribution in [0.3, 0.4) is 0 Å². The van der Waals surface area contributed by atoms with E-state index in [1.165, 1.54) is 11.3 Å². The van der Waals surface area contributed by atoms with Gasteiger partial charge in [0.15, 0.2) is 0 Å². The van der Waals surface area contributed by atoms with E-state index in [-0.39, 0.29) is 5.91 Å². The Hall–Kier alpha value is -1.32. The Morgan fingerprint density at radius 3 is 2.53 bits per heavy atom. The van der Waals surface area contributed by atoms with Crippen molar-refractivity contribution < 1.29 is 14.7 Å². The van der Waals surface area contributed by atoms with Crippen LogP contribution in [-0.4, -0.2) is 34.5 Å². The molecule has 1 aliphatic carbocycles. The van der Waals surface area contributed by atoms with Crippen molar-refractivity contribution in [3.8, 4) is 0 Å².